The molecule has 0 saturated heterocycles. The molecule has 0 bridgehead atoms. The molecule has 2 nitrogen and oxygen atoms in total. The van der Waals surface area contributed by atoms with E-state index in [-0.39, 0.29) is 0 Å². The van der Waals surface area contributed by atoms with Crippen LogP contribution < -0.4 is 15.9 Å². The number of nitrogens with zero attached hydrogens (tertiary/aromatic N) is 1. The van der Waals surface area contributed by atoms with E-state index in [0.717, 1.165) is 38.2 Å². The highest BCUT2D eigenvalue weighted by molar-refractivity contribution is 7.86. The predicted octanol–water partition coefficient (Wildman–Crippen LogP) is 12.4. The Labute approximate surface area is 336 Å². The maximum absolute atomic E-state index is 16.0. The lowest BCUT2D eigenvalue weighted by molar-refractivity contribution is 0.593. The highest BCUT2D eigenvalue weighted by Crippen LogP contribution is 2.63. The molecule has 1 aromatic heterocycles. The van der Waals surface area contributed by atoms with E-state index in [0.29, 0.717) is 0 Å². The van der Waals surface area contributed by atoms with Gasteiger partial charge in [0.25, 0.3) is 0 Å². The fraction of sp³-hybridized carbons (Fsp3) is 0.0182. The van der Waals surface area contributed by atoms with Crippen LogP contribution in [0.2, 0.25) is 0 Å². The zero-order valence-electron chi connectivity index (χ0n) is 31.4. The van der Waals surface area contributed by atoms with Crippen molar-refractivity contribution in [2.45, 2.75) is 5.41 Å². The standard InChI is InChI=1S/C55H34NOP/c57-58(39-16-5-2-6-17-39)52-25-12-8-19-41(52)45-33-49-44(34-53(45)58)43-32-38(37-28-26-36(27-29-37)35-14-3-1-4-15-35)30-31-46(43)55(49)47-21-9-11-24-51(47)56-50-23-10-7-18-40(50)42-20-13-22-48(55)54(42)56/h1-34H. The minimum absolute atomic E-state index is 0.621. The average molecular weight is 756 g/mol. The monoisotopic (exact) mass is 755 g/mol. The van der Waals surface area contributed by atoms with Crippen LogP contribution in [0.15, 0.2) is 206 Å². The summed E-state index contributed by atoms with van der Waals surface area (Å²) in [5, 5.41) is 5.24. The maximum atomic E-state index is 16.0. The Hall–Kier alpha value is -6.99. The molecule has 2 atom stereocenters. The van der Waals surface area contributed by atoms with Gasteiger partial charge in [-0.2, -0.15) is 0 Å². The summed E-state index contributed by atoms with van der Waals surface area (Å²) in [7, 11) is -3.19. The Balaban J connectivity index is 1.15. The summed E-state index contributed by atoms with van der Waals surface area (Å²) in [5.74, 6) is 0. The summed E-state index contributed by atoms with van der Waals surface area (Å²) < 4.78 is 18.5. The van der Waals surface area contributed by atoms with Crippen molar-refractivity contribution in [1.29, 1.82) is 0 Å². The summed E-state index contributed by atoms with van der Waals surface area (Å²) in [6, 6.07) is 74.6. The Morgan fingerprint density at radius 2 is 1.00 bits per heavy atom. The summed E-state index contributed by atoms with van der Waals surface area (Å²) >= 11 is 0. The molecule has 10 aromatic rings. The van der Waals surface area contributed by atoms with E-state index in [2.05, 4.69) is 174 Å². The van der Waals surface area contributed by atoms with Gasteiger partial charge in [-0.3, -0.25) is 0 Å². The van der Waals surface area contributed by atoms with E-state index in [1.807, 2.05) is 36.4 Å². The fourth-order valence-electron chi connectivity index (χ4n) is 10.8. The van der Waals surface area contributed by atoms with Crippen LogP contribution in [0.5, 0.6) is 0 Å². The first-order valence-corrected chi connectivity index (χ1v) is 21.7. The highest BCUT2D eigenvalue weighted by Gasteiger charge is 2.53. The second-order valence-corrected chi connectivity index (χ2v) is 18.6. The van der Waals surface area contributed by atoms with Crippen molar-refractivity contribution >= 4 is 44.9 Å². The topological polar surface area (TPSA) is 22.0 Å². The molecular weight excluding hydrogens is 722 g/mol. The predicted molar refractivity (Wildman–Crippen MR) is 241 cm³/mol. The first kappa shape index (κ1) is 32.1. The Morgan fingerprint density at radius 3 is 1.84 bits per heavy atom. The van der Waals surface area contributed by atoms with Gasteiger partial charge in [0, 0.05) is 26.7 Å². The number of benzene rings is 9. The second-order valence-electron chi connectivity index (χ2n) is 15.9. The number of rotatable bonds is 3. The van der Waals surface area contributed by atoms with Crippen LogP contribution >= 0.6 is 7.14 Å². The van der Waals surface area contributed by atoms with Crippen molar-refractivity contribution in [3.63, 3.8) is 0 Å². The van der Waals surface area contributed by atoms with Gasteiger partial charge in [0.05, 0.1) is 22.1 Å². The lowest BCUT2D eigenvalue weighted by Gasteiger charge is -2.39. The van der Waals surface area contributed by atoms with Crippen LogP contribution in [0.25, 0.3) is 72.0 Å². The Morgan fingerprint density at radius 1 is 0.379 bits per heavy atom. The molecule has 1 spiro atoms. The summed E-state index contributed by atoms with van der Waals surface area (Å²) in [6.07, 6.45) is 0. The van der Waals surface area contributed by atoms with E-state index in [1.54, 1.807) is 0 Å². The molecule has 3 heterocycles. The molecule has 3 aliphatic rings. The molecular formula is C55H34NOP. The number of hydrogen-bond acceptors (Lipinski definition) is 1. The van der Waals surface area contributed by atoms with E-state index < -0.39 is 12.6 Å². The molecule has 1 aliphatic carbocycles. The number of hydrogen-bond donors (Lipinski definition) is 0. The van der Waals surface area contributed by atoms with Gasteiger partial charge in [-0.25, -0.2) is 0 Å². The van der Waals surface area contributed by atoms with Crippen LogP contribution in [-0.4, -0.2) is 4.57 Å². The third-order valence-electron chi connectivity index (χ3n) is 13.2. The van der Waals surface area contributed by atoms with Crippen LogP contribution in [0.1, 0.15) is 22.3 Å². The third kappa shape index (κ3) is 3.95. The minimum atomic E-state index is -3.19. The Bertz CT molecular complexity index is 3420. The molecule has 58 heavy (non-hydrogen) atoms. The van der Waals surface area contributed by atoms with Gasteiger partial charge in [0.2, 0.25) is 0 Å². The van der Waals surface area contributed by atoms with E-state index in [1.165, 1.54) is 72.0 Å². The van der Waals surface area contributed by atoms with Gasteiger partial charge in [-0.05, 0) is 97.1 Å². The highest BCUT2D eigenvalue weighted by atomic mass is 31.2. The van der Waals surface area contributed by atoms with E-state index >= 15 is 4.57 Å². The number of aromatic nitrogens is 1. The third-order valence-corrected chi connectivity index (χ3v) is 16.4. The number of para-hydroxylation sites is 3. The van der Waals surface area contributed by atoms with Gasteiger partial charge >= 0.3 is 0 Å². The van der Waals surface area contributed by atoms with Crippen molar-refractivity contribution < 1.29 is 4.57 Å². The molecule has 3 heteroatoms. The molecule has 2 aliphatic heterocycles. The van der Waals surface area contributed by atoms with Gasteiger partial charge in [-0.1, -0.05) is 176 Å². The van der Waals surface area contributed by atoms with Gasteiger partial charge in [-0.15, -0.1) is 0 Å². The molecule has 2 unspecified atom stereocenters. The van der Waals surface area contributed by atoms with E-state index in [4.69, 9.17) is 0 Å². The molecule has 0 amide bonds. The summed E-state index contributed by atoms with van der Waals surface area (Å²) in [6.45, 7) is 0. The molecule has 9 aromatic carbocycles. The molecule has 270 valence electrons. The lowest BCUT2D eigenvalue weighted by Crippen LogP contribution is -2.33. The molecule has 0 fully saturated rings. The second kappa shape index (κ2) is 11.5. The zero-order chi connectivity index (χ0) is 38.2. The average Bonchev–Trinajstić information content (AvgIpc) is 3.88. The van der Waals surface area contributed by atoms with Crippen molar-refractivity contribution in [3.05, 3.63) is 229 Å². The largest absolute Gasteiger partial charge is 0.309 e. The Kier molecular flexibility index (Phi) is 6.40. The van der Waals surface area contributed by atoms with Crippen molar-refractivity contribution in [2.24, 2.45) is 0 Å². The van der Waals surface area contributed by atoms with Crippen LogP contribution in [-0.2, 0) is 9.98 Å². The minimum Gasteiger partial charge on any atom is -0.309 e. The van der Waals surface area contributed by atoms with Crippen molar-refractivity contribution in [3.8, 4) is 50.2 Å². The first-order valence-electron chi connectivity index (χ1n) is 20.0. The van der Waals surface area contributed by atoms with Gasteiger partial charge in [0.1, 0.15) is 0 Å². The maximum Gasteiger partial charge on any atom is 0.172 e. The fourth-order valence-corrected chi connectivity index (χ4v) is 13.9. The molecule has 13 rings (SSSR count). The van der Waals surface area contributed by atoms with Crippen molar-refractivity contribution in [1.82, 2.24) is 4.57 Å². The summed E-state index contributed by atoms with van der Waals surface area (Å²) in [4.78, 5) is 0. The van der Waals surface area contributed by atoms with Crippen molar-refractivity contribution in [2.75, 3.05) is 0 Å². The van der Waals surface area contributed by atoms with Gasteiger partial charge < -0.3 is 9.13 Å². The van der Waals surface area contributed by atoms with E-state index in [9.17, 15) is 0 Å². The SMILES string of the molecule is O=P1(c2ccccc2)c2ccccc2-c2cc3c(cc21)-c1cc(-c2ccc(-c4ccccc4)cc2)ccc1C31c2ccccc2-n2c3ccccc3c3cccc1c32. The lowest BCUT2D eigenvalue weighted by atomic mass is 9.65. The molecule has 0 saturated carbocycles. The summed E-state index contributed by atoms with van der Waals surface area (Å²) in [5.41, 5.74) is 17.3. The smallest absolute Gasteiger partial charge is 0.172 e. The zero-order valence-corrected chi connectivity index (χ0v) is 32.3. The molecule has 0 N–H and O–H groups in total. The quantitative estimate of drug-likeness (QED) is 0.165. The first-order chi connectivity index (χ1) is 28.7. The van der Waals surface area contributed by atoms with Gasteiger partial charge in [0.15, 0.2) is 7.14 Å². The normalized spacial score (nSPS) is 17.9. The number of fused-ring (bicyclic) bond motifs is 15. The van der Waals surface area contributed by atoms with Crippen LogP contribution in [0, 0.1) is 0 Å². The van der Waals surface area contributed by atoms with Crippen LogP contribution in [0.4, 0.5) is 0 Å². The molecule has 0 radical (unpaired) electrons. The van der Waals surface area contributed by atoms with Crippen LogP contribution in [0.3, 0.4) is 0 Å².